The first-order valence-corrected chi connectivity index (χ1v) is 7.58. The first-order chi connectivity index (χ1) is 10.2. The lowest BCUT2D eigenvalue weighted by Crippen LogP contribution is -2.18. The Kier molecular flexibility index (Phi) is 3.97. The zero-order chi connectivity index (χ0) is 14.8. The van der Waals surface area contributed by atoms with Crippen molar-refractivity contribution in [2.45, 2.75) is 31.7 Å². The number of aryl methyl sites for hydroxylation is 1. The van der Waals surface area contributed by atoms with E-state index in [4.69, 9.17) is 16.3 Å². The van der Waals surface area contributed by atoms with Crippen LogP contribution in [0.1, 0.15) is 29.9 Å². The number of hydrogen-bond acceptors (Lipinski definition) is 4. The molecule has 3 rings (SSSR count). The van der Waals surface area contributed by atoms with Crippen LogP contribution in [-0.2, 0) is 6.42 Å². The number of nitrogens with zero attached hydrogens (tertiary/aromatic N) is 2. The monoisotopic (exact) mass is 303 g/mol. The lowest BCUT2D eigenvalue weighted by Gasteiger charge is -2.18. The van der Waals surface area contributed by atoms with Crippen molar-refractivity contribution in [3.05, 3.63) is 47.3 Å². The lowest BCUT2D eigenvalue weighted by molar-refractivity contribution is 0.325. The number of hydrogen-bond donors (Lipinski definition) is 1. The van der Waals surface area contributed by atoms with Gasteiger partial charge in [-0.15, -0.1) is 11.6 Å². The maximum absolute atomic E-state index is 6.50. The summed E-state index contributed by atoms with van der Waals surface area (Å²) in [6, 6.07) is 10.2. The Balaban J connectivity index is 1.87. The molecule has 0 aliphatic heterocycles. The summed E-state index contributed by atoms with van der Waals surface area (Å²) >= 11 is 6.50. The number of halogens is 1. The third-order valence-corrected chi connectivity index (χ3v) is 3.98. The van der Waals surface area contributed by atoms with Crippen LogP contribution in [0.3, 0.4) is 0 Å². The second-order valence-corrected chi connectivity index (χ2v) is 5.67. The highest BCUT2D eigenvalue weighted by molar-refractivity contribution is 6.21. The Morgan fingerprint density at radius 1 is 1.33 bits per heavy atom. The van der Waals surface area contributed by atoms with E-state index in [9.17, 15) is 0 Å². The van der Waals surface area contributed by atoms with Crippen molar-refractivity contribution < 1.29 is 4.74 Å². The van der Waals surface area contributed by atoms with E-state index in [2.05, 4.69) is 27.4 Å². The summed E-state index contributed by atoms with van der Waals surface area (Å²) in [5.41, 5.74) is 2.54. The first-order valence-electron chi connectivity index (χ1n) is 7.14. The average Bonchev–Trinajstić information content (AvgIpc) is 2.75. The molecule has 1 aliphatic carbocycles. The standard InChI is InChI=1S/C16H18ClN3O/c1-3-21-15-9-14(18-10(2)19-15)20-16-12-7-5-4-6-11(12)8-13(16)17/h4-7,9,13,16H,3,8H2,1-2H3,(H,18,19,20). The predicted molar refractivity (Wildman–Crippen MR) is 84.1 cm³/mol. The van der Waals surface area contributed by atoms with Gasteiger partial charge in [0.2, 0.25) is 5.88 Å². The fraction of sp³-hybridized carbons (Fsp3) is 0.375. The van der Waals surface area contributed by atoms with E-state index in [1.807, 2.05) is 32.0 Å². The molecule has 1 aliphatic rings. The smallest absolute Gasteiger partial charge is 0.218 e. The number of ether oxygens (including phenoxy) is 1. The van der Waals surface area contributed by atoms with Gasteiger partial charge < -0.3 is 10.1 Å². The summed E-state index contributed by atoms with van der Waals surface area (Å²) < 4.78 is 5.46. The van der Waals surface area contributed by atoms with Gasteiger partial charge in [0, 0.05) is 6.07 Å². The van der Waals surface area contributed by atoms with Gasteiger partial charge in [-0.1, -0.05) is 24.3 Å². The Morgan fingerprint density at radius 3 is 2.95 bits per heavy atom. The van der Waals surface area contributed by atoms with E-state index in [1.54, 1.807) is 0 Å². The number of alkyl halides is 1. The molecule has 0 saturated carbocycles. The largest absolute Gasteiger partial charge is 0.478 e. The molecule has 1 aromatic carbocycles. The average molecular weight is 304 g/mol. The molecular weight excluding hydrogens is 286 g/mol. The molecule has 1 N–H and O–H groups in total. The molecule has 110 valence electrons. The van der Waals surface area contributed by atoms with Crippen molar-refractivity contribution in [1.82, 2.24) is 9.97 Å². The number of aromatic nitrogens is 2. The third-order valence-electron chi connectivity index (χ3n) is 3.58. The molecule has 21 heavy (non-hydrogen) atoms. The van der Waals surface area contributed by atoms with Gasteiger partial charge in [-0.3, -0.25) is 0 Å². The summed E-state index contributed by atoms with van der Waals surface area (Å²) in [5.74, 6) is 2.02. The Hall–Kier alpha value is -1.81. The van der Waals surface area contributed by atoms with Gasteiger partial charge in [-0.2, -0.15) is 4.98 Å². The summed E-state index contributed by atoms with van der Waals surface area (Å²) in [6.45, 7) is 4.38. The molecular formula is C16H18ClN3O. The van der Waals surface area contributed by atoms with Gasteiger partial charge in [0.25, 0.3) is 0 Å². The highest BCUT2D eigenvalue weighted by atomic mass is 35.5. The van der Waals surface area contributed by atoms with Gasteiger partial charge >= 0.3 is 0 Å². The molecule has 0 spiro atoms. The number of nitrogens with one attached hydrogen (secondary N) is 1. The van der Waals surface area contributed by atoms with Crippen LogP contribution in [0.25, 0.3) is 0 Å². The molecule has 2 atom stereocenters. The topological polar surface area (TPSA) is 47.0 Å². The van der Waals surface area contributed by atoms with Crippen molar-refractivity contribution in [2.24, 2.45) is 0 Å². The fourth-order valence-electron chi connectivity index (χ4n) is 2.71. The second-order valence-electron chi connectivity index (χ2n) is 5.11. The van der Waals surface area contributed by atoms with E-state index in [0.29, 0.717) is 18.3 Å². The zero-order valence-electron chi connectivity index (χ0n) is 12.1. The van der Waals surface area contributed by atoms with E-state index < -0.39 is 0 Å². The third kappa shape index (κ3) is 2.95. The molecule has 0 bridgehead atoms. The summed E-state index contributed by atoms with van der Waals surface area (Å²) in [5, 5.41) is 3.44. The van der Waals surface area contributed by atoms with E-state index in [1.165, 1.54) is 11.1 Å². The number of fused-ring (bicyclic) bond motifs is 1. The molecule has 4 nitrogen and oxygen atoms in total. The number of anilines is 1. The van der Waals surface area contributed by atoms with Crippen molar-refractivity contribution in [3.63, 3.8) is 0 Å². The van der Waals surface area contributed by atoms with E-state index in [-0.39, 0.29) is 11.4 Å². The van der Waals surface area contributed by atoms with Gasteiger partial charge in [0.15, 0.2) is 0 Å². The van der Waals surface area contributed by atoms with Crippen molar-refractivity contribution in [1.29, 1.82) is 0 Å². The molecule has 2 unspecified atom stereocenters. The minimum atomic E-state index is 0.0215. The molecule has 0 saturated heterocycles. The molecule has 5 heteroatoms. The van der Waals surface area contributed by atoms with Crippen LogP contribution in [-0.4, -0.2) is 22.0 Å². The van der Waals surface area contributed by atoms with Gasteiger partial charge in [0.05, 0.1) is 18.0 Å². The SMILES string of the molecule is CCOc1cc(NC2c3ccccc3CC2Cl)nc(C)n1. The summed E-state index contributed by atoms with van der Waals surface area (Å²) in [4.78, 5) is 8.68. The van der Waals surface area contributed by atoms with Crippen molar-refractivity contribution in [3.8, 4) is 5.88 Å². The van der Waals surface area contributed by atoms with Gasteiger partial charge in [0.1, 0.15) is 11.6 Å². The molecule has 0 radical (unpaired) electrons. The van der Waals surface area contributed by atoms with E-state index >= 15 is 0 Å². The lowest BCUT2D eigenvalue weighted by atomic mass is 10.1. The van der Waals surface area contributed by atoms with Crippen LogP contribution in [0.4, 0.5) is 5.82 Å². The van der Waals surface area contributed by atoms with Gasteiger partial charge in [-0.25, -0.2) is 4.98 Å². The Bertz CT molecular complexity index is 647. The number of benzene rings is 1. The first kappa shape index (κ1) is 14.1. The zero-order valence-corrected chi connectivity index (χ0v) is 12.9. The second kappa shape index (κ2) is 5.90. The highest BCUT2D eigenvalue weighted by Gasteiger charge is 2.31. The minimum absolute atomic E-state index is 0.0215. The predicted octanol–water partition coefficient (Wildman–Crippen LogP) is 3.50. The quantitative estimate of drug-likeness (QED) is 0.878. The maximum Gasteiger partial charge on any atom is 0.218 e. The molecule has 2 aromatic rings. The van der Waals surface area contributed by atoms with Crippen LogP contribution >= 0.6 is 11.6 Å². The molecule has 0 amide bonds. The fourth-order valence-corrected chi connectivity index (χ4v) is 3.07. The van der Waals surface area contributed by atoms with E-state index in [0.717, 1.165) is 12.2 Å². The number of rotatable bonds is 4. The van der Waals surface area contributed by atoms with Gasteiger partial charge in [-0.05, 0) is 31.4 Å². The van der Waals surface area contributed by atoms with Crippen LogP contribution in [0.5, 0.6) is 5.88 Å². The minimum Gasteiger partial charge on any atom is -0.478 e. The highest BCUT2D eigenvalue weighted by Crippen LogP contribution is 2.37. The molecule has 1 aromatic heterocycles. The van der Waals surface area contributed by atoms with Crippen LogP contribution in [0.15, 0.2) is 30.3 Å². The van der Waals surface area contributed by atoms with Crippen molar-refractivity contribution >= 4 is 17.4 Å². The van der Waals surface area contributed by atoms with Crippen LogP contribution in [0, 0.1) is 6.92 Å². The summed E-state index contributed by atoms with van der Waals surface area (Å²) in [6.07, 6.45) is 0.873. The van der Waals surface area contributed by atoms with Crippen molar-refractivity contribution in [2.75, 3.05) is 11.9 Å². The maximum atomic E-state index is 6.50. The molecule has 0 fully saturated rings. The molecule has 1 heterocycles. The van der Waals surface area contributed by atoms with Crippen LogP contribution < -0.4 is 10.1 Å². The Labute approximate surface area is 129 Å². The Morgan fingerprint density at radius 2 is 2.14 bits per heavy atom. The van der Waals surface area contributed by atoms with Crippen LogP contribution in [0.2, 0.25) is 0 Å². The summed E-state index contributed by atoms with van der Waals surface area (Å²) in [7, 11) is 0. The normalized spacial score (nSPS) is 20.1.